The summed E-state index contributed by atoms with van der Waals surface area (Å²) in [6.45, 7) is 10.9. The van der Waals surface area contributed by atoms with Crippen molar-refractivity contribution in [2.24, 2.45) is 16.7 Å². The number of ether oxygens (including phenoxy) is 1. The van der Waals surface area contributed by atoms with E-state index in [0.717, 1.165) is 0 Å². The van der Waals surface area contributed by atoms with Crippen LogP contribution < -0.4 is 0 Å². The van der Waals surface area contributed by atoms with Gasteiger partial charge >= 0.3 is 5.97 Å². The van der Waals surface area contributed by atoms with Gasteiger partial charge < -0.3 is 9.64 Å². The van der Waals surface area contributed by atoms with Crippen molar-refractivity contribution >= 4 is 11.9 Å². The van der Waals surface area contributed by atoms with Gasteiger partial charge in [0, 0.05) is 12.5 Å². The zero-order chi connectivity index (χ0) is 13.4. The van der Waals surface area contributed by atoms with Gasteiger partial charge in [-0.3, -0.25) is 9.59 Å². The molecule has 0 spiro atoms. The third-order valence-corrected chi connectivity index (χ3v) is 4.51. The van der Waals surface area contributed by atoms with Crippen molar-refractivity contribution in [3.8, 4) is 0 Å². The molecule has 1 fully saturated rings. The van der Waals surface area contributed by atoms with Gasteiger partial charge in [-0.25, -0.2) is 0 Å². The normalized spacial score (nSPS) is 20.8. The Balaban J connectivity index is 2.73. The summed E-state index contributed by atoms with van der Waals surface area (Å²) < 4.78 is 4.60. The molecule has 0 heterocycles. The molecule has 0 saturated heterocycles. The molecule has 4 nitrogen and oxygen atoms in total. The first-order valence-electron chi connectivity index (χ1n) is 6.05. The van der Waals surface area contributed by atoms with E-state index in [1.807, 2.05) is 6.92 Å². The minimum atomic E-state index is -0.364. The van der Waals surface area contributed by atoms with Crippen LogP contribution in [0.3, 0.4) is 0 Å². The van der Waals surface area contributed by atoms with Crippen LogP contribution in [0, 0.1) is 16.7 Å². The lowest BCUT2D eigenvalue weighted by molar-refractivity contribution is -0.147. The van der Waals surface area contributed by atoms with E-state index in [1.54, 1.807) is 4.90 Å². The Morgan fingerprint density at radius 3 is 1.94 bits per heavy atom. The highest BCUT2D eigenvalue weighted by Gasteiger charge is 2.68. The maximum absolute atomic E-state index is 12.3. The number of hydrogen-bond acceptors (Lipinski definition) is 3. The number of esters is 1. The van der Waals surface area contributed by atoms with Crippen molar-refractivity contribution in [2.45, 2.75) is 34.6 Å². The predicted molar refractivity (Wildman–Crippen MR) is 65.3 cm³/mol. The molecule has 4 heteroatoms. The maximum Gasteiger partial charge on any atom is 0.325 e. The highest BCUT2D eigenvalue weighted by molar-refractivity contribution is 5.87. The van der Waals surface area contributed by atoms with Gasteiger partial charge in [0.25, 0.3) is 0 Å². The summed E-state index contributed by atoms with van der Waals surface area (Å²) in [7, 11) is 1.34. The largest absolute Gasteiger partial charge is 0.468 e. The van der Waals surface area contributed by atoms with E-state index < -0.39 is 0 Å². The third kappa shape index (κ3) is 2.17. The van der Waals surface area contributed by atoms with Crippen molar-refractivity contribution in [1.82, 2.24) is 4.90 Å². The molecule has 1 aliphatic rings. The van der Waals surface area contributed by atoms with Gasteiger partial charge in [-0.1, -0.05) is 27.7 Å². The van der Waals surface area contributed by atoms with Crippen LogP contribution in [0.4, 0.5) is 0 Å². The molecule has 0 N–H and O–H groups in total. The van der Waals surface area contributed by atoms with Crippen LogP contribution in [0.25, 0.3) is 0 Å². The zero-order valence-electron chi connectivity index (χ0n) is 11.7. The van der Waals surface area contributed by atoms with Crippen LogP contribution in [-0.4, -0.2) is 37.0 Å². The Bertz CT molecular complexity index is 320. The first kappa shape index (κ1) is 14.0. The summed E-state index contributed by atoms with van der Waals surface area (Å²) in [5, 5.41) is 0. The van der Waals surface area contributed by atoms with Crippen molar-refractivity contribution in [3.05, 3.63) is 0 Å². The first-order chi connectivity index (χ1) is 7.70. The second kappa shape index (κ2) is 4.31. The first-order valence-corrected chi connectivity index (χ1v) is 6.05. The van der Waals surface area contributed by atoms with E-state index >= 15 is 0 Å². The Kier molecular flexibility index (Phi) is 3.55. The summed E-state index contributed by atoms with van der Waals surface area (Å²) in [5.41, 5.74) is 0.0151. The van der Waals surface area contributed by atoms with E-state index in [2.05, 4.69) is 32.4 Å². The highest BCUT2D eigenvalue weighted by atomic mass is 16.5. The molecule has 0 aliphatic heterocycles. The molecule has 1 saturated carbocycles. The summed E-state index contributed by atoms with van der Waals surface area (Å²) in [5.74, 6) is -0.302. The monoisotopic (exact) mass is 241 g/mol. The molecule has 0 radical (unpaired) electrons. The molecular weight excluding hydrogens is 218 g/mol. The quantitative estimate of drug-likeness (QED) is 0.704. The predicted octanol–water partition coefficient (Wildman–Crippen LogP) is 1.69. The minimum Gasteiger partial charge on any atom is -0.468 e. The SMILES string of the molecule is CCN(CC(=O)OC)C(=O)C1C(C)(C)C1(C)C. The van der Waals surface area contributed by atoms with Gasteiger partial charge in [0.05, 0.1) is 7.11 Å². The summed E-state index contributed by atoms with van der Waals surface area (Å²) in [6, 6.07) is 0. The Morgan fingerprint density at radius 1 is 1.18 bits per heavy atom. The standard InChI is InChI=1S/C13H23NO3/c1-7-14(8-9(15)17-6)11(16)10-12(2,3)13(10,4)5/h10H,7-8H2,1-6H3. The average Bonchev–Trinajstić information content (AvgIpc) is 2.64. The van der Waals surface area contributed by atoms with Gasteiger partial charge in [0.1, 0.15) is 6.54 Å². The number of nitrogens with zero attached hydrogens (tertiary/aromatic N) is 1. The summed E-state index contributed by atoms with van der Waals surface area (Å²) in [6.07, 6.45) is 0. The fourth-order valence-corrected chi connectivity index (χ4v) is 2.56. The Labute approximate surface area is 103 Å². The molecule has 1 rings (SSSR count). The summed E-state index contributed by atoms with van der Waals surface area (Å²) in [4.78, 5) is 25.1. The van der Waals surface area contributed by atoms with Gasteiger partial charge in [-0.05, 0) is 17.8 Å². The van der Waals surface area contributed by atoms with Crippen LogP contribution in [0.5, 0.6) is 0 Å². The van der Waals surface area contributed by atoms with Gasteiger partial charge in [0.15, 0.2) is 0 Å². The van der Waals surface area contributed by atoms with Crippen molar-refractivity contribution in [1.29, 1.82) is 0 Å². The van der Waals surface area contributed by atoms with E-state index in [9.17, 15) is 9.59 Å². The number of hydrogen-bond donors (Lipinski definition) is 0. The fourth-order valence-electron chi connectivity index (χ4n) is 2.56. The smallest absolute Gasteiger partial charge is 0.325 e. The van der Waals surface area contributed by atoms with E-state index in [0.29, 0.717) is 6.54 Å². The molecule has 1 amide bonds. The van der Waals surface area contributed by atoms with Gasteiger partial charge in [0.2, 0.25) is 5.91 Å². The topological polar surface area (TPSA) is 46.6 Å². The highest BCUT2D eigenvalue weighted by Crippen LogP contribution is 2.68. The zero-order valence-corrected chi connectivity index (χ0v) is 11.7. The van der Waals surface area contributed by atoms with Crippen LogP contribution >= 0.6 is 0 Å². The Hall–Kier alpha value is -1.06. The molecule has 0 aromatic rings. The van der Waals surface area contributed by atoms with Crippen LogP contribution in [-0.2, 0) is 14.3 Å². The lowest BCUT2D eigenvalue weighted by Gasteiger charge is -2.20. The number of carbonyl (C=O) groups excluding carboxylic acids is 2. The lowest BCUT2D eigenvalue weighted by atomic mass is 10.0. The van der Waals surface area contributed by atoms with Crippen molar-refractivity contribution in [3.63, 3.8) is 0 Å². The molecule has 17 heavy (non-hydrogen) atoms. The van der Waals surface area contributed by atoms with Crippen LogP contribution in [0.2, 0.25) is 0 Å². The fraction of sp³-hybridized carbons (Fsp3) is 0.846. The number of carbonyl (C=O) groups is 2. The Morgan fingerprint density at radius 2 is 1.65 bits per heavy atom. The molecule has 0 unspecified atom stereocenters. The minimum absolute atomic E-state index is 0.000365. The number of amides is 1. The van der Waals surface area contributed by atoms with Crippen molar-refractivity contribution in [2.75, 3.05) is 20.2 Å². The number of rotatable bonds is 4. The molecule has 0 atom stereocenters. The molecule has 1 aliphatic carbocycles. The van der Waals surface area contributed by atoms with E-state index in [4.69, 9.17) is 0 Å². The van der Waals surface area contributed by atoms with Gasteiger partial charge in [-0.2, -0.15) is 0 Å². The lowest BCUT2D eigenvalue weighted by Crippen LogP contribution is -2.38. The molecular formula is C13H23NO3. The second-order valence-electron chi connectivity index (χ2n) is 5.80. The second-order valence-corrected chi connectivity index (χ2v) is 5.80. The summed E-state index contributed by atoms with van der Waals surface area (Å²) >= 11 is 0. The van der Waals surface area contributed by atoms with Crippen molar-refractivity contribution < 1.29 is 14.3 Å². The number of likely N-dealkylation sites (N-methyl/N-ethyl adjacent to an activating group) is 1. The maximum atomic E-state index is 12.3. The van der Waals surface area contributed by atoms with Crippen LogP contribution in [0.1, 0.15) is 34.6 Å². The van der Waals surface area contributed by atoms with E-state index in [-0.39, 0.29) is 35.2 Å². The number of methoxy groups -OCH3 is 1. The third-order valence-electron chi connectivity index (χ3n) is 4.51. The van der Waals surface area contributed by atoms with E-state index in [1.165, 1.54) is 7.11 Å². The molecule has 0 aromatic carbocycles. The average molecular weight is 241 g/mol. The molecule has 98 valence electrons. The molecule has 0 aromatic heterocycles. The van der Waals surface area contributed by atoms with Crippen LogP contribution in [0.15, 0.2) is 0 Å². The molecule has 0 bridgehead atoms. The van der Waals surface area contributed by atoms with Gasteiger partial charge in [-0.15, -0.1) is 0 Å².